The first-order valence-corrected chi connectivity index (χ1v) is 8.60. The maximum absolute atomic E-state index is 12.1. The third-order valence-electron chi connectivity index (χ3n) is 3.26. The first-order chi connectivity index (χ1) is 11.0. The second-order valence-electron chi connectivity index (χ2n) is 7.07. The summed E-state index contributed by atoms with van der Waals surface area (Å²) in [6.07, 6.45) is 0. The first kappa shape index (κ1) is 20.7. The third-order valence-corrected chi connectivity index (χ3v) is 4.00. The fraction of sp³-hybridized carbons (Fsp3) is 0.529. The van der Waals surface area contributed by atoms with Crippen molar-refractivity contribution in [1.82, 2.24) is 10.6 Å². The lowest BCUT2D eigenvalue weighted by Gasteiger charge is -2.22. The van der Waals surface area contributed by atoms with Gasteiger partial charge in [-0.25, -0.2) is 0 Å². The number of rotatable bonds is 6. The number of hydrogen-bond donors (Lipinski definition) is 3. The van der Waals surface area contributed by atoms with Crippen LogP contribution in [0, 0.1) is 0 Å². The second-order valence-corrected chi connectivity index (χ2v) is 7.89. The van der Waals surface area contributed by atoms with Gasteiger partial charge in [0, 0.05) is 5.54 Å². The Bertz CT molecular complexity index is 600. The van der Waals surface area contributed by atoms with Crippen molar-refractivity contribution in [3.63, 3.8) is 0 Å². The smallest absolute Gasteiger partial charge is 0.275 e. The van der Waals surface area contributed by atoms with Crippen molar-refractivity contribution >= 4 is 35.0 Å². The maximum Gasteiger partial charge on any atom is 0.275 e. The standard InChI is InChI=1S/C17H25Cl2N3O2/c1-11(12-6-7-13(18)14(19)8-12)20-15(23)9-22(5)10-16(24)21-17(2,3)4/h6-8,11H,9-10H2,1-5H3,(H,20,23)(H,21,24)/p+1/t11-/m1/s1. The van der Waals surface area contributed by atoms with E-state index in [0.29, 0.717) is 10.0 Å². The average molecular weight is 375 g/mol. The molecule has 3 N–H and O–H groups in total. The molecule has 0 fully saturated rings. The molecule has 0 heterocycles. The van der Waals surface area contributed by atoms with Crippen LogP contribution in [0.1, 0.15) is 39.3 Å². The SMILES string of the molecule is C[C@@H](NC(=O)C[NH+](C)CC(=O)NC(C)(C)C)c1ccc(Cl)c(Cl)c1. The minimum absolute atomic E-state index is 0.0784. The van der Waals surface area contributed by atoms with Gasteiger partial charge in [-0.1, -0.05) is 29.3 Å². The molecule has 0 saturated heterocycles. The zero-order valence-corrected chi connectivity index (χ0v) is 16.3. The van der Waals surface area contributed by atoms with Crippen molar-refractivity contribution < 1.29 is 14.5 Å². The van der Waals surface area contributed by atoms with E-state index in [1.165, 1.54) is 0 Å². The molecule has 0 saturated carbocycles. The molecular formula is C17H26Cl2N3O2+. The summed E-state index contributed by atoms with van der Waals surface area (Å²) < 4.78 is 0. The largest absolute Gasteiger partial charge is 0.347 e. The summed E-state index contributed by atoms with van der Waals surface area (Å²) in [5, 5.41) is 6.72. The van der Waals surface area contributed by atoms with E-state index < -0.39 is 0 Å². The second kappa shape index (κ2) is 8.70. The van der Waals surface area contributed by atoms with Crippen molar-refractivity contribution in [2.75, 3.05) is 20.1 Å². The van der Waals surface area contributed by atoms with E-state index >= 15 is 0 Å². The molecular weight excluding hydrogens is 349 g/mol. The molecule has 24 heavy (non-hydrogen) atoms. The van der Waals surface area contributed by atoms with Crippen LogP contribution in [-0.4, -0.2) is 37.5 Å². The van der Waals surface area contributed by atoms with Crippen LogP contribution in [0.25, 0.3) is 0 Å². The zero-order valence-electron chi connectivity index (χ0n) is 14.8. The van der Waals surface area contributed by atoms with Gasteiger partial charge in [0.1, 0.15) is 0 Å². The van der Waals surface area contributed by atoms with Crippen LogP contribution in [0.5, 0.6) is 0 Å². The number of carbonyl (C=O) groups is 2. The molecule has 7 heteroatoms. The van der Waals surface area contributed by atoms with E-state index in [2.05, 4.69) is 10.6 Å². The number of hydrogen-bond acceptors (Lipinski definition) is 2. The topological polar surface area (TPSA) is 62.6 Å². The molecule has 0 bridgehead atoms. The number of carbonyl (C=O) groups excluding carboxylic acids is 2. The minimum Gasteiger partial charge on any atom is -0.347 e. The van der Waals surface area contributed by atoms with Gasteiger partial charge in [-0.3, -0.25) is 9.59 Å². The Hall–Kier alpha value is -1.30. The number of likely N-dealkylation sites (N-methyl/N-ethyl adjacent to an activating group) is 1. The molecule has 0 radical (unpaired) electrons. The lowest BCUT2D eigenvalue weighted by atomic mass is 10.1. The zero-order chi connectivity index (χ0) is 18.5. The van der Waals surface area contributed by atoms with Crippen LogP contribution in [0.15, 0.2) is 18.2 Å². The highest BCUT2D eigenvalue weighted by molar-refractivity contribution is 6.42. The molecule has 0 aliphatic carbocycles. The molecule has 0 spiro atoms. The van der Waals surface area contributed by atoms with Gasteiger partial charge in [0.25, 0.3) is 11.8 Å². The van der Waals surface area contributed by atoms with Crippen LogP contribution >= 0.6 is 23.2 Å². The van der Waals surface area contributed by atoms with E-state index in [0.717, 1.165) is 10.5 Å². The molecule has 1 aromatic rings. The highest BCUT2D eigenvalue weighted by Crippen LogP contribution is 2.25. The van der Waals surface area contributed by atoms with Gasteiger partial charge in [0.05, 0.1) is 23.1 Å². The molecule has 2 amide bonds. The molecule has 134 valence electrons. The lowest BCUT2D eigenvalue weighted by Crippen LogP contribution is -3.11. The Morgan fingerprint density at radius 1 is 1.12 bits per heavy atom. The maximum atomic E-state index is 12.1. The summed E-state index contributed by atoms with van der Waals surface area (Å²) in [5.74, 6) is -0.208. The molecule has 1 aromatic carbocycles. The van der Waals surface area contributed by atoms with E-state index in [9.17, 15) is 9.59 Å². The van der Waals surface area contributed by atoms with Crippen LogP contribution in [-0.2, 0) is 9.59 Å². The van der Waals surface area contributed by atoms with Gasteiger partial charge >= 0.3 is 0 Å². The van der Waals surface area contributed by atoms with Crippen LogP contribution in [0.2, 0.25) is 10.0 Å². The highest BCUT2D eigenvalue weighted by Gasteiger charge is 2.19. The fourth-order valence-electron chi connectivity index (χ4n) is 2.23. The molecule has 2 atom stereocenters. The van der Waals surface area contributed by atoms with Crippen LogP contribution in [0.4, 0.5) is 0 Å². The Labute approximate surface area is 153 Å². The summed E-state index contributed by atoms with van der Waals surface area (Å²) in [7, 11) is 1.81. The number of nitrogens with one attached hydrogen (secondary N) is 3. The molecule has 1 unspecified atom stereocenters. The van der Waals surface area contributed by atoms with Gasteiger partial charge in [-0.15, -0.1) is 0 Å². The first-order valence-electron chi connectivity index (χ1n) is 7.84. The quantitative estimate of drug-likeness (QED) is 0.707. The van der Waals surface area contributed by atoms with Gasteiger partial charge in [-0.2, -0.15) is 0 Å². The van der Waals surface area contributed by atoms with Crippen molar-refractivity contribution in [1.29, 1.82) is 0 Å². The molecule has 0 aliphatic rings. The highest BCUT2D eigenvalue weighted by atomic mass is 35.5. The fourth-order valence-corrected chi connectivity index (χ4v) is 2.54. The summed E-state index contributed by atoms with van der Waals surface area (Å²) in [6, 6.07) is 5.08. The molecule has 1 rings (SSSR count). The van der Waals surface area contributed by atoms with Crippen LogP contribution in [0.3, 0.4) is 0 Å². The predicted octanol–water partition coefficient (Wildman–Crippen LogP) is 1.60. The predicted molar refractivity (Wildman–Crippen MR) is 97.5 cm³/mol. The van der Waals surface area contributed by atoms with Crippen molar-refractivity contribution in [3.05, 3.63) is 33.8 Å². The summed E-state index contributed by atoms with van der Waals surface area (Å²) in [6.45, 7) is 8.10. The Kier molecular flexibility index (Phi) is 7.52. The van der Waals surface area contributed by atoms with Crippen molar-refractivity contribution in [2.24, 2.45) is 0 Å². The summed E-state index contributed by atoms with van der Waals surface area (Å²) >= 11 is 11.9. The Morgan fingerprint density at radius 2 is 1.71 bits per heavy atom. The number of halogens is 2. The molecule has 5 nitrogen and oxygen atoms in total. The van der Waals surface area contributed by atoms with E-state index in [4.69, 9.17) is 23.2 Å². The summed E-state index contributed by atoms with van der Waals surface area (Å²) in [5.41, 5.74) is 0.600. The van der Waals surface area contributed by atoms with Gasteiger partial charge < -0.3 is 15.5 Å². The van der Waals surface area contributed by atoms with E-state index in [-0.39, 0.29) is 36.5 Å². The number of benzene rings is 1. The van der Waals surface area contributed by atoms with Crippen molar-refractivity contribution in [2.45, 2.75) is 39.3 Å². The monoisotopic (exact) mass is 374 g/mol. The minimum atomic E-state index is -0.276. The van der Waals surface area contributed by atoms with E-state index in [1.807, 2.05) is 40.8 Å². The lowest BCUT2D eigenvalue weighted by molar-refractivity contribution is -0.862. The number of quaternary nitrogens is 1. The number of amides is 2. The third kappa shape index (κ3) is 7.51. The Balaban J connectivity index is 2.50. The van der Waals surface area contributed by atoms with Crippen LogP contribution < -0.4 is 15.5 Å². The van der Waals surface area contributed by atoms with Crippen molar-refractivity contribution in [3.8, 4) is 0 Å². The average Bonchev–Trinajstić information content (AvgIpc) is 2.38. The normalized spacial score (nSPS) is 14.0. The van der Waals surface area contributed by atoms with E-state index in [1.54, 1.807) is 12.1 Å². The molecule has 0 aromatic heterocycles. The Morgan fingerprint density at radius 3 is 2.25 bits per heavy atom. The molecule has 0 aliphatic heterocycles. The summed E-state index contributed by atoms with van der Waals surface area (Å²) in [4.78, 5) is 24.8. The van der Waals surface area contributed by atoms with Gasteiger partial charge in [0.15, 0.2) is 13.1 Å². The van der Waals surface area contributed by atoms with Gasteiger partial charge in [-0.05, 0) is 45.4 Å². The van der Waals surface area contributed by atoms with Gasteiger partial charge in [0.2, 0.25) is 0 Å².